The molecule has 1 saturated carbocycles. The summed E-state index contributed by atoms with van der Waals surface area (Å²) in [6.07, 6.45) is 1.30. The van der Waals surface area contributed by atoms with Crippen molar-refractivity contribution in [1.82, 2.24) is 29.5 Å². The van der Waals surface area contributed by atoms with Gasteiger partial charge < -0.3 is 0 Å². The minimum absolute atomic E-state index is 0.0718. The summed E-state index contributed by atoms with van der Waals surface area (Å²) in [4.78, 5) is 8.52. The fourth-order valence-corrected chi connectivity index (χ4v) is 4.25. The molecule has 4 aromatic rings. The van der Waals surface area contributed by atoms with Gasteiger partial charge >= 0.3 is 0 Å². The summed E-state index contributed by atoms with van der Waals surface area (Å²) in [5.41, 5.74) is 4.12. The summed E-state index contributed by atoms with van der Waals surface area (Å²) >= 11 is 6.05. The molecule has 0 spiro atoms. The van der Waals surface area contributed by atoms with E-state index in [9.17, 15) is 13.2 Å². The first-order valence-electron chi connectivity index (χ1n) is 11.0. The van der Waals surface area contributed by atoms with Crippen LogP contribution in [0.3, 0.4) is 0 Å². The summed E-state index contributed by atoms with van der Waals surface area (Å²) in [6.45, 7) is 4.35. The minimum Gasteiger partial charge on any atom is -0.268 e. The Morgan fingerprint density at radius 1 is 1.09 bits per heavy atom. The molecule has 0 atom stereocenters. The van der Waals surface area contributed by atoms with Gasteiger partial charge in [-0.25, -0.2) is 27.8 Å². The molecule has 6 nitrogen and oxygen atoms in total. The van der Waals surface area contributed by atoms with E-state index >= 15 is 0 Å². The van der Waals surface area contributed by atoms with Crippen LogP contribution in [0.1, 0.15) is 47.6 Å². The first kappa shape index (κ1) is 22.6. The Balaban J connectivity index is 1.53. The van der Waals surface area contributed by atoms with Gasteiger partial charge in [-0.3, -0.25) is 4.68 Å². The van der Waals surface area contributed by atoms with E-state index in [0.29, 0.717) is 23.7 Å². The number of alkyl halides is 2. The number of rotatable bonds is 7. The van der Waals surface area contributed by atoms with Crippen LogP contribution in [0.25, 0.3) is 17.1 Å². The van der Waals surface area contributed by atoms with Gasteiger partial charge in [0.1, 0.15) is 17.8 Å². The second-order valence-corrected chi connectivity index (χ2v) is 8.97. The van der Waals surface area contributed by atoms with Gasteiger partial charge in [0.05, 0.1) is 22.1 Å². The molecular weight excluding hydrogens is 465 g/mol. The summed E-state index contributed by atoms with van der Waals surface area (Å²) in [7, 11) is 0. The molecule has 0 aliphatic heterocycles. The Hall–Kier alpha value is -3.20. The zero-order valence-corrected chi connectivity index (χ0v) is 19.4. The maximum absolute atomic E-state index is 13.6. The van der Waals surface area contributed by atoms with Crippen LogP contribution in [0.4, 0.5) is 13.2 Å². The van der Waals surface area contributed by atoms with Crippen molar-refractivity contribution >= 4 is 11.6 Å². The third-order valence-electron chi connectivity index (χ3n) is 6.07. The monoisotopic (exact) mass is 486 g/mol. The molecule has 5 rings (SSSR count). The Bertz CT molecular complexity index is 1340. The number of aromatic nitrogens is 6. The second-order valence-electron chi connectivity index (χ2n) is 8.59. The molecule has 34 heavy (non-hydrogen) atoms. The van der Waals surface area contributed by atoms with Gasteiger partial charge in [0.2, 0.25) is 0 Å². The van der Waals surface area contributed by atoms with Crippen LogP contribution in [0.5, 0.6) is 0 Å². The van der Waals surface area contributed by atoms with Crippen molar-refractivity contribution in [2.24, 2.45) is 5.92 Å². The fraction of sp³-hybridized carbons (Fsp3) is 0.333. The molecule has 1 fully saturated rings. The van der Waals surface area contributed by atoms with Crippen LogP contribution < -0.4 is 0 Å². The minimum atomic E-state index is -2.80. The van der Waals surface area contributed by atoms with Crippen LogP contribution in [0, 0.1) is 25.6 Å². The van der Waals surface area contributed by atoms with Crippen LogP contribution in [-0.4, -0.2) is 29.5 Å². The Labute approximate surface area is 199 Å². The molecule has 0 bridgehead atoms. The van der Waals surface area contributed by atoms with E-state index in [-0.39, 0.29) is 16.7 Å². The highest BCUT2D eigenvalue weighted by Crippen LogP contribution is 2.34. The van der Waals surface area contributed by atoms with E-state index in [4.69, 9.17) is 16.7 Å². The molecule has 1 aliphatic rings. The standard InChI is InChI=1S/C24H22ClF3N6/c1-13-19(33(11-15-3-4-15)32-22(13)16-5-7-17(26)8-6-16)9-18-10-20(30-12-29-18)34-23(24(27)28)21(25)14(2)31-34/h5-8,10,12,15,24H,3-4,9,11H2,1-2H3. The zero-order chi connectivity index (χ0) is 24.0. The fourth-order valence-electron chi connectivity index (χ4n) is 4.05. The zero-order valence-electron chi connectivity index (χ0n) is 18.6. The van der Waals surface area contributed by atoms with Crippen LogP contribution in [0.15, 0.2) is 36.7 Å². The number of aryl methyl sites for hydroxylation is 1. The topological polar surface area (TPSA) is 61.4 Å². The summed E-state index contributed by atoms with van der Waals surface area (Å²) < 4.78 is 43.8. The second kappa shape index (κ2) is 8.87. The Kier molecular flexibility index (Phi) is 5.89. The SMILES string of the molecule is Cc1nn(-c2cc(Cc3c(C)c(-c4ccc(F)cc4)nn3CC3CC3)ncn2)c(C(F)F)c1Cl. The molecule has 1 aromatic carbocycles. The molecule has 0 amide bonds. The largest absolute Gasteiger partial charge is 0.282 e. The number of benzene rings is 1. The third-order valence-corrected chi connectivity index (χ3v) is 6.54. The van der Waals surface area contributed by atoms with E-state index < -0.39 is 12.1 Å². The summed E-state index contributed by atoms with van der Waals surface area (Å²) in [6, 6.07) is 7.91. The Morgan fingerprint density at radius 3 is 2.50 bits per heavy atom. The quantitative estimate of drug-likeness (QED) is 0.327. The van der Waals surface area contributed by atoms with Crippen molar-refractivity contribution in [3.8, 4) is 17.1 Å². The van der Waals surface area contributed by atoms with Crippen molar-refractivity contribution in [2.45, 2.75) is 46.1 Å². The highest BCUT2D eigenvalue weighted by Gasteiger charge is 2.26. The number of hydrogen-bond donors (Lipinski definition) is 0. The maximum atomic E-state index is 13.6. The molecule has 0 saturated heterocycles. The highest BCUT2D eigenvalue weighted by molar-refractivity contribution is 6.31. The van der Waals surface area contributed by atoms with Crippen molar-refractivity contribution in [2.75, 3.05) is 0 Å². The molecule has 0 N–H and O–H groups in total. The smallest absolute Gasteiger partial charge is 0.268 e. The van der Waals surface area contributed by atoms with Crippen molar-refractivity contribution in [1.29, 1.82) is 0 Å². The first-order chi connectivity index (χ1) is 16.3. The molecular formula is C24H22ClF3N6. The Morgan fingerprint density at radius 2 is 1.82 bits per heavy atom. The van der Waals surface area contributed by atoms with Crippen molar-refractivity contribution < 1.29 is 13.2 Å². The lowest BCUT2D eigenvalue weighted by Gasteiger charge is -2.10. The van der Waals surface area contributed by atoms with Gasteiger partial charge in [-0.05, 0) is 62.4 Å². The first-order valence-corrected chi connectivity index (χ1v) is 11.4. The van der Waals surface area contributed by atoms with Gasteiger partial charge in [0, 0.05) is 30.3 Å². The molecule has 3 heterocycles. The molecule has 10 heteroatoms. The maximum Gasteiger partial charge on any atom is 0.282 e. The highest BCUT2D eigenvalue weighted by atomic mass is 35.5. The van der Waals surface area contributed by atoms with Gasteiger partial charge in [0.15, 0.2) is 5.82 Å². The lowest BCUT2D eigenvalue weighted by atomic mass is 10.0. The average Bonchev–Trinajstić information content (AvgIpc) is 3.51. The summed E-state index contributed by atoms with van der Waals surface area (Å²) in [5, 5.41) is 8.91. The predicted molar refractivity (Wildman–Crippen MR) is 122 cm³/mol. The molecule has 0 radical (unpaired) electrons. The predicted octanol–water partition coefficient (Wildman–Crippen LogP) is 5.87. The number of nitrogens with zero attached hydrogens (tertiary/aromatic N) is 6. The van der Waals surface area contributed by atoms with E-state index in [1.165, 1.54) is 18.5 Å². The van der Waals surface area contributed by atoms with Crippen molar-refractivity contribution in [3.05, 3.63) is 75.8 Å². The number of hydrogen-bond acceptors (Lipinski definition) is 4. The van der Waals surface area contributed by atoms with Gasteiger partial charge in [-0.2, -0.15) is 10.2 Å². The molecule has 176 valence electrons. The van der Waals surface area contributed by atoms with Crippen LogP contribution in [0.2, 0.25) is 5.02 Å². The van der Waals surface area contributed by atoms with Gasteiger partial charge in [-0.1, -0.05) is 11.6 Å². The third kappa shape index (κ3) is 4.32. The van der Waals surface area contributed by atoms with E-state index in [0.717, 1.165) is 46.6 Å². The summed E-state index contributed by atoms with van der Waals surface area (Å²) in [5.74, 6) is 0.507. The number of halogens is 4. The van der Waals surface area contributed by atoms with E-state index in [1.807, 2.05) is 11.6 Å². The molecule has 3 aromatic heterocycles. The lowest BCUT2D eigenvalue weighted by molar-refractivity contribution is 0.142. The molecule has 0 unspecified atom stereocenters. The lowest BCUT2D eigenvalue weighted by Crippen LogP contribution is -2.10. The molecule has 1 aliphatic carbocycles. The van der Waals surface area contributed by atoms with E-state index in [2.05, 4.69) is 15.1 Å². The van der Waals surface area contributed by atoms with Gasteiger partial charge in [-0.15, -0.1) is 0 Å². The average molecular weight is 487 g/mol. The van der Waals surface area contributed by atoms with Gasteiger partial charge in [0.25, 0.3) is 6.43 Å². The van der Waals surface area contributed by atoms with Crippen LogP contribution >= 0.6 is 11.6 Å². The normalized spacial score (nSPS) is 13.7. The van der Waals surface area contributed by atoms with Crippen molar-refractivity contribution in [3.63, 3.8) is 0 Å². The van der Waals surface area contributed by atoms with E-state index in [1.54, 1.807) is 25.1 Å². The van der Waals surface area contributed by atoms with Crippen LogP contribution in [-0.2, 0) is 13.0 Å².